The highest BCUT2D eigenvalue weighted by atomic mass is 32.1. The second-order valence-electron chi connectivity index (χ2n) is 5.88. The Morgan fingerprint density at radius 1 is 1.22 bits per heavy atom. The third-order valence-corrected chi connectivity index (χ3v) is 4.59. The van der Waals surface area contributed by atoms with Crippen LogP contribution in [0.4, 0.5) is 0 Å². The van der Waals surface area contributed by atoms with Crippen molar-refractivity contribution in [2.45, 2.75) is 26.3 Å². The maximum absolute atomic E-state index is 12.7. The molecule has 1 unspecified atom stereocenters. The number of thiocarbonyl (C=S) groups is 1. The lowest BCUT2D eigenvalue weighted by Gasteiger charge is -2.39. The molecule has 8 heteroatoms. The molecule has 1 heterocycles. The quantitative estimate of drug-likeness (QED) is 0.560. The topological polar surface area (TPSA) is 77.1 Å². The first-order valence-corrected chi connectivity index (χ1v) is 9.00. The fourth-order valence-electron chi connectivity index (χ4n) is 2.93. The average molecular weight is 392 g/mol. The van der Waals surface area contributed by atoms with E-state index in [2.05, 4.69) is 5.32 Å². The number of nitrogens with zero attached hydrogens (tertiary/aromatic N) is 1. The van der Waals surface area contributed by atoms with Gasteiger partial charge in [0.2, 0.25) is 0 Å². The van der Waals surface area contributed by atoms with Crippen LogP contribution in [0.25, 0.3) is 0 Å². The number of nitrogens with one attached hydrogen (secondary N) is 1. The Labute approximate surface area is 164 Å². The molecule has 0 fully saturated rings. The zero-order chi connectivity index (χ0) is 20.0. The second kappa shape index (κ2) is 9.36. The summed E-state index contributed by atoms with van der Waals surface area (Å²) in [5, 5.41) is 3.48. The van der Waals surface area contributed by atoms with Gasteiger partial charge >= 0.3 is 11.9 Å². The molecule has 1 aliphatic rings. The van der Waals surface area contributed by atoms with Crippen molar-refractivity contribution in [1.82, 2.24) is 10.2 Å². The number of rotatable bonds is 7. The maximum atomic E-state index is 12.7. The van der Waals surface area contributed by atoms with Crippen LogP contribution in [0.5, 0.6) is 5.75 Å². The molecule has 7 nitrogen and oxygen atoms in total. The zero-order valence-electron chi connectivity index (χ0n) is 15.9. The summed E-state index contributed by atoms with van der Waals surface area (Å²) in [6, 6.07) is 6.89. The summed E-state index contributed by atoms with van der Waals surface area (Å²) >= 11 is 5.47. The third kappa shape index (κ3) is 4.77. The molecule has 1 aromatic rings. The molecular weight excluding hydrogens is 368 g/mol. The van der Waals surface area contributed by atoms with E-state index >= 15 is 0 Å². The normalized spacial score (nSPS) is 16.7. The molecule has 0 aliphatic carbocycles. The lowest BCUT2D eigenvalue weighted by atomic mass is 9.93. The van der Waals surface area contributed by atoms with E-state index < -0.39 is 12.0 Å². The molecule has 0 spiro atoms. The summed E-state index contributed by atoms with van der Waals surface area (Å²) in [5.74, 6) is -0.0705. The molecule has 0 radical (unpaired) electrons. The molecule has 1 N–H and O–H groups in total. The Kier molecular flexibility index (Phi) is 7.18. The monoisotopic (exact) mass is 392 g/mol. The SMILES string of the molecule is CCOC(=O)C1=C(C)NC(=S)N(CCC(=O)OC)C1c1ccc(OC)cc1. The van der Waals surface area contributed by atoms with Crippen LogP contribution in [0.15, 0.2) is 35.5 Å². The first-order valence-electron chi connectivity index (χ1n) is 8.59. The van der Waals surface area contributed by atoms with E-state index in [1.54, 1.807) is 25.9 Å². The van der Waals surface area contributed by atoms with Gasteiger partial charge in [-0.2, -0.15) is 0 Å². The molecule has 27 heavy (non-hydrogen) atoms. The standard InChI is InChI=1S/C19H24N2O5S/c1-5-26-18(23)16-12(2)20-19(27)21(11-10-15(22)25-4)17(16)13-6-8-14(24-3)9-7-13/h6-9,17H,5,10-11H2,1-4H3,(H,20,27). The van der Waals surface area contributed by atoms with Gasteiger partial charge in [0.15, 0.2) is 5.11 Å². The summed E-state index contributed by atoms with van der Waals surface area (Å²) in [5.41, 5.74) is 1.93. The van der Waals surface area contributed by atoms with Crippen molar-refractivity contribution >= 4 is 29.3 Å². The minimum absolute atomic E-state index is 0.139. The van der Waals surface area contributed by atoms with Crippen molar-refractivity contribution in [3.05, 3.63) is 41.1 Å². The Morgan fingerprint density at radius 2 is 1.89 bits per heavy atom. The summed E-state index contributed by atoms with van der Waals surface area (Å²) in [4.78, 5) is 26.1. The van der Waals surface area contributed by atoms with Gasteiger partial charge in [-0.1, -0.05) is 12.1 Å². The Morgan fingerprint density at radius 3 is 2.44 bits per heavy atom. The van der Waals surface area contributed by atoms with Gasteiger partial charge < -0.3 is 24.4 Å². The first kappa shape index (κ1) is 20.7. The van der Waals surface area contributed by atoms with Crippen molar-refractivity contribution in [2.24, 2.45) is 0 Å². The van der Waals surface area contributed by atoms with Crippen LogP contribution in [-0.2, 0) is 19.1 Å². The second-order valence-corrected chi connectivity index (χ2v) is 6.27. The van der Waals surface area contributed by atoms with Gasteiger partial charge in [0.25, 0.3) is 0 Å². The minimum atomic E-state index is -0.478. The Bertz CT molecular complexity index is 745. The molecule has 146 valence electrons. The number of ether oxygens (including phenoxy) is 3. The first-order chi connectivity index (χ1) is 12.9. The van der Waals surface area contributed by atoms with Gasteiger partial charge in [0, 0.05) is 12.2 Å². The number of hydrogen-bond donors (Lipinski definition) is 1. The van der Waals surface area contributed by atoms with Gasteiger partial charge in [-0.15, -0.1) is 0 Å². The van der Waals surface area contributed by atoms with Crippen LogP contribution in [0.3, 0.4) is 0 Å². The van der Waals surface area contributed by atoms with E-state index in [9.17, 15) is 9.59 Å². The van der Waals surface area contributed by atoms with Crippen molar-refractivity contribution in [2.75, 3.05) is 27.4 Å². The van der Waals surface area contributed by atoms with Crippen LogP contribution < -0.4 is 10.1 Å². The number of allylic oxidation sites excluding steroid dienone is 1. The highest BCUT2D eigenvalue weighted by Crippen LogP contribution is 2.35. The number of carbonyl (C=O) groups excluding carboxylic acids is 2. The number of benzene rings is 1. The molecule has 1 atom stereocenters. The van der Waals surface area contributed by atoms with Gasteiger partial charge in [-0.05, 0) is 43.8 Å². The molecule has 1 aromatic carbocycles. The summed E-state index contributed by atoms with van der Waals surface area (Å²) in [6.45, 7) is 4.10. The fourth-order valence-corrected chi connectivity index (χ4v) is 3.28. The number of carbonyl (C=O) groups is 2. The van der Waals surface area contributed by atoms with E-state index in [0.717, 1.165) is 5.56 Å². The highest BCUT2D eigenvalue weighted by Gasteiger charge is 2.36. The van der Waals surface area contributed by atoms with Gasteiger partial charge in [-0.25, -0.2) is 4.79 Å². The Hall–Kier alpha value is -2.61. The van der Waals surface area contributed by atoms with E-state index in [-0.39, 0.29) is 19.0 Å². The van der Waals surface area contributed by atoms with Crippen molar-refractivity contribution in [1.29, 1.82) is 0 Å². The van der Waals surface area contributed by atoms with E-state index in [1.165, 1.54) is 7.11 Å². The lowest BCUT2D eigenvalue weighted by Crippen LogP contribution is -2.49. The molecule has 0 bridgehead atoms. The maximum Gasteiger partial charge on any atom is 0.338 e. The zero-order valence-corrected chi connectivity index (χ0v) is 16.7. The molecule has 0 saturated carbocycles. The van der Waals surface area contributed by atoms with Crippen LogP contribution in [0, 0.1) is 0 Å². The van der Waals surface area contributed by atoms with E-state index in [4.69, 9.17) is 26.4 Å². The molecule has 0 saturated heterocycles. The lowest BCUT2D eigenvalue weighted by molar-refractivity contribution is -0.140. The highest BCUT2D eigenvalue weighted by molar-refractivity contribution is 7.80. The van der Waals surface area contributed by atoms with Gasteiger partial charge in [-0.3, -0.25) is 4.79 Å². The summed E-state index contributed by atoms with van der Waals surface area (Å²) in [7, 11) is 2.93. The largest absolute Gasteiger partial charge is 0.497 e. The van der Waals surface area contributed by atoms with Crippen LogP contribution >= 0.6 is 12.2 Å². The van der Waals surface area contributed by atoms with Crippen LogP contribution in [0.1, 0.15) is 31.9 Å². The van der Waals surface area contributed by atoms with Crippen LogP contribution in [-0.4, -0.2) is 49.3 Å². The van der Waals surface area contributed by atoms with E-state index in [0.29, 0.717) is 28.7 Å². The fraction of sp³-hybridized carbons (Fsp3) is 0.421. The number of esters is 2. The smallest absolute Gasteiger partial charge is 0.338 e. The Balaban J connectivity index is 2.48. The minimum Gasteiger partial charge on any atom is -0.497 e. The molecular formula is C19H24N2O5S. The molecule has 2 rings (SSSR count). The van der Waals surface area contributed by atoms with Gasteiger partial charge in [0.1, 0.15) is 5.75 Å². The average Bonchev–Trinajstić information content (AvgIpc) is 2.66. The third-order valence-electron chi connectivity index (χ3n) is 4.26. The van der Waals surface area contributed by atoms with Crippen molar-refractivity contribution in [3.63, 3.8) is 0 Å². The van der Waals surface area contributed by atoms with Crippen LogP contribution in [0.2, 0.25) is 0 Å². The summed E-state index contributed by atoms with van der Waals surface area (Å²) < 4.78 is 15.2. The molecule has 1 aliphatic heterocycles. The predicted octanol–water partition coefficient (Wildman–Crippen LogP) is 2.33. The number of hydrogen-bond acceptors (Lipinski definition) is 6. The van der Waals surface area contributed by atoms with Crippen molar-refractivity contribution in [3.8, 4) is 5.75 Å². The van der Waals surface area contributed by atoms with E-state index in [1.807, 2.05) is 24.3 Å². The summed E-state index contributed by atoms with van der Waals surface area (Å²) in [6.07, 6.45) is 0.139. The molecule has 0 aromatic heterocycles. The predicted molar refractivity (Wildman–Crippen MR) is 104 cm³/mol. The number of methoxy groups -OCH3 is 2. The van der Waals surface area contributed by atoms with Gasteiger partial charge in [0.05, 0.1) is 38.9 Å². The molecule has 0 amide bonds. The van der Waals surface area contributed by atoms with Crippen molar-refractivity contribution < 1.29 is 23.8 Å².